The Morgan fingerprint density at radius 1 is 1.29 bits per heavy atom. The fourth-order valence-electron chi connectivity index (χ4n) is 4.07. The molecule has 3 rings (SSSR count). The summed E-state index contributed by atoms with van der Waals surface area (Å²) < 4.78 is 5.59. The van der Waals surface area contributed by atoms with Crippen LogP contribution in [0.2, 0.25) is 0 Å². The summed E-state index contributed by atoms with van der Waals surface area (Å²) in [5.41, 5.74) is 3.27. The molecule has 0 bridgehead atoms. The largest absolute Gasteiger partial charge is 0.384 e. The number of piperidine rings is 1. The van der Waals surface area contributed by atoms with E-state index in [0.29, 0.717) is 5.41 Å². The maximum Gasteiger partial charge on any atom is 0.0536 e. The normalized spacial score (nSPS) is 24.7. The Morgan fingerprint density at radius 2 is 2.05 bits per heavy atom. The van der Waals surface area contributed by atoms with Crippen molar-refractivity contribution in [1.82, 2.24) is 5.32 Å². The van der Waals surface area contributed by atoms with E-state index in [2.05, 4.69) is 41.4 Å². The molecule has 0 saturated carbocycles. The number of methoxy groups -OCH3 is 1. The molecule has 1 N–H and O–H groups in total. The number of rotatable bonds is 4. The fraction of sp³-hybridized carbons (Fsp3) is 0.667. The van der Waals surface area contributed by atoms with Crippen LogP contribution in [0.15, 0.2) is 24.3 Å². The van der Waals surface area contributed by atoms with Gasteiger partial charge >= 0.3 is 0 Å². The van der Waals surface area contributed by atoms with Crippen LogP contribution in [0.25, 0.3) is 0 Å². The first-order valence-electron chi connectivity index (χ1n) is 8.25. The number of hydrogen-bond donors (Lipinski definition) is 1. The van der Waals surface area contributed by atoms with Gasteiger partial charge in [0.1, 0.15) is 0 Å². The number of nitrogens with one attached hydrogen (secondary N) is 1. The third kappa shape index (κ3) is 3.24. The van der Waals surface area contributed by atoms with Crippen LogP contribution in [0, 0.1) is 11.3 Å². The number of hydrogen-bond acceptors (Lipinski definition) is 3. The Labute approximate surface area is 128 Å². The van der Waals surface area contributed by atoms with Gasteiger partial charge in [-0.3, -0.25) is 0 Å². The Bertz CT molecular complexity index is 463. The molecule has 21 heavy (non-hydrogen) atoms. The van der Waals surface area contributed by atoms with Gasteiger partial charge in [0.2, 0.25) is 0 Å². The average Bonchev–Trinajstić information content (AvgIpc) is 2.48. The van der Waals surface area contributed by atoms with Crippen LogP contribution in [0.1, 0.15) is 25.3 Å². The third-order valence-corrected chi connectivity index (χ3v) is 5.07. The van der Waals surface area contributed by atoms with Crippen LogP contribution >= 0.6 is 0 Å². The van der Waals surface area contributed by atoms with E-state index in [4.69, 9.17) is 4.74 Å². The molecule has 2 aliphatic rings. The summed E-state index contributed by atoms with van der Waals surface area (Å²) in [6.45, 7) is 7.79. The molecule has 0 amide bonds. The van der Waals surface area contributed by atoms with Crippen molar-refractivity contribution in [1.29, 1.82) is 0 Å². The molecular weight excluding hydrogens is 260 g/mol. The molecule has 0 aliphatic carbocycles. The highest BCUT2D eigenvalue weighted by Crippen LogP contribution is 2.36. The van der Waals surface area contributed by atoms with Crippen molar-refractivity contribution < 1.29 is 4.74 Å². The van der Waals surface area contributed by atoms with Crippen molar-refractivity contribution in [2.24, 2.45) is 11.3 Å². The molecule has 0 aromatic heterocycles. The molecule has 116 valence electrons. The number of benzene rings is 1. The molecule has 1 atom stereocenters. The zero-order valence-corrected chi connectivity index (χ0v) is 13.4. The van der Waals surface area contributed by atoms with Crippen LogP contribution in [-0.2, 0) is 11.2 Å². The maximum absolute atomic E-state index is 5.59. The summed E-state index contributed by atoms with van der Waals surface area (Å²) in [5.74, 6) is 0.737. The molecule has 0 spiro atoms. The zero-order chi connectivity index (χ0) is 14.7. The van der Waals surface area contributed by atoms with Crippen LogP contribution in [-0.4, -0.2) is 39.9 Å². The lowest BCUT2D eigenvalue weighted by Crippen LogP contribution is -2.49. The van der Waals surface area contributed by atoms with Gasteiger partial charge in [-0.25, -0.2) is 0 Å². The van der Waals surface area contributed by atoms with Gasteiger partial charge in [0.15, 0.2) is 0 Å². The summed E-state index contributed by atoms with van der Waals surface area (Å²) >= 11 is 0. The molecule has 3 nitrogen and oxygen atoms in total. The van der Waals surface area contributed by atoms with Gasteiger partial charge in [0.25, 0.3) is 0 Å². The van der Waals surface area contributed by atoms with E-state index in [1.54, 1.807) is 0 Å². The zero-order valence-electron chi connectivity index (χ0n) is 13.4. The monoisotopic (exact) mass is 288 g/mol. The first kappa shape index (κ1) is 14.9. The Kier molecular flexibility index (Phi) is 4.51. The Hall–Kier alpha value is -1.06. The second-order valence-electron chi connectivity index (χ2n) is 7.00. The number of fused-ring (bicyclic) bond motifs is 1. The molecule has 1 aromatic carbocycles. The highest BCUT2D eigenvalue weighted by Gasteiger charge is 2.35. The number of ether oxygens (including phenoxy) is 1. The summed E-state index contributed by atoms with van der Waals surface area (Å²) in [6, 6.07) is 8.93. The standard InChI is InChI=1S/C18H28N2O/c1-15-11-16-5-3-4-6-17(16)20(12-15)13-18(14-21-2)7-9-19-10-8-18/h3-6,15,19H,7-14H2,1-2H3. The SMILES string of the molecule is COCC1(CN2CC(C)Cc3ccccc32)CCNCC1. The first-order valence-corrected chi connectivity index (χ1v) is 8.25. The topological polar surface area (TPSA) is 24.5 Å². The van der Waals surface area contributed by atoms with E-state index >= 15 is 0 Å². The van der Waals surface area contributed by atoms with Crippen LogP contribution in [0.3, 0.4) is 0 Å². The van der Waals surface area contributed by atoms with Crippen molar-refractivity contribution in [3.63, 3.8) is 0 Å². The van der Waals surface area contributed by atoms with Gasteiger partial charge in [-0.05, 0) is 49.9 Å². The molecule has 1 unspecified atom stereocenters. The predicted octanol–water partition coefficient (Wildman–Crippen LogP) is 2.70. The molecule has 0 radical (unpaired) electrons. The van der Waals surface area contributed by atoms with Crippen LogP contribution < -0.4 is 10.2 Å². The molecule has 3 heteroatoms. The van der Waals surface area contributed by atoms with E-state index in [1.807, 2.05) is 7.11 Å². The molecule has 1 aromatic rings. The van der Waals surface area contributed by atoms with Gasteiger partial charge < -0.3 is 15.0 Å². The molecule has 2 aliphatic heterocycles. The smallest absolute Gasteiger partial charge is 0.0536 e. The lowest BCUT2D eigenvalue weighted by Gasteiger charge is -2.44. The molecule has 1 saturated heterocycles. The van der Waals surface area contributed by atoms with Crippen LogP contribution in [0.4, 0.5) is 5.69 Å². The van der Waals surface area contributed by atoms with E-state index in [9.17, 15) is 0 Å². The highest BCUT2D eigenvalue weighted by molar-refractivity contribution is 5.56. The lowest BCUT2D eigenvalue weighted by molar-refractivity contribution is 0.0581. The van der Waals surface area contributed by atoms with Crippen molar-refractivity contribution in [3.05, 3.63) is 29.8 Å². The fourth-order valence-corrected chi connectivity index (χ4v) is 4.07. The number of nitrogens with zero attached hydrogens (tertiary/aromatic N) is 1. The highest BCUT2D eigenvalue weighted by atomic mass is 16.5. The maximum atomic E-state index is 5.59. The lowest BCUT2D eigenvalue weighted by atomic mass is 9.78. The second-order valence-corrected chi connectivity index (χ2v) is 7.00. The average molecular weight is 288 g/mol. The summed E-state index contributed by atoms with van der Waals surface area (Å²) in [4.78, 5) is 2.62. The predicted molar refractivity (Wildman–Crippen MR) is 87.9 cm³/mol. The molecule has 1 fully saturated rings. The Morgan fingerprint density at radius 3 is 2.81 bits per heavy atom. The number of para-hydroxylation sites is 1. The summed E-state index contributed by atoms with van der Waals surface area (Å²) in [5, 5.41) is 3.49. The number of anilines is 1. The van der Waals surface area contributed by atoms with Gasteiger partial charge in [-0.15, -0.1) is 0 Å². The van der Waals surface area contributed by atoms with Crippen molar-refractivity contribution in [3.8, 4) is 0 Å². The van der Waals surface area contributed by atoms with Crippen molar-refractivity contribution in [2.75, 3.05) is 44.8 Å². The third-order valence-electron chi connectivity index (χ3n) is 5.07. The first-order chi connectivity index (χ1) is 10.2. The van der Waals surface area contributed by atoms with Gasteiger partial charge in [0.05, 0.1) is 6.61 Å². The minimum absolute atomic E-state index is 0.310. The van der Waals surface area contributed by atoms with E-state index in [1.165, 1.54) is 37.1 Å². The Balaban J connectivity index is 1.82. The van der Waals surface area contributed by atoms with Gasteiger partial charge in [-0.2, -0.15) is 0 Å². The van der Waals surface area contributed by atoms with Crippen molar-refractivity contribution in [2.45, 2.75) is 26.2 Å². The molecule has 2 heterocycles. The summed E-state index contributed by atoms with van der Waals surface area (Å²) in [6.07, 6.45) is 3.65. The summed E-state index contributed by atoms with van der Waals surface area (Å²) in [7, 11) is 1.84. The van der Waals surface area contributed by atoms with Gasteiger partial charge in [0, 0.05) is 31.3 Å². The van der Waals surface area contributed by atoms with E-state index < -0.39 is 0 Å². The van der Waals surface area contributed by atoms with E-state index in [-0.39, 0.29) is 0 Å². The minimum Gasteiger partial charge on any atom is -0.384 e. The second kappa shape index (κ2) is 6.37. The van der Waals surface area contributed by atoms with Crippen LogP contribution in [0.5, 0.6) is 0 Å². The van der Waals surface area contributed by atoms with E-state index in [0.717, 1.165) is 32.2 Å². The molecular formula is C18H28N2O. The van der Waals surface area contributed by atoms with Crippen molar-refractivity contribution >= 4 is 5.69 Å². The quantitative estimate of drug-likeness (QED) is 0.922. The minimum atomic E-state index is 0.310. The van der Waals surface area contributed by atoms with Gasteiger partial charge in [-0.1, -0.05) is 25.1 Å².